The number of carbonyl (C=O) groups excluding carboxylic acids is 2. The van der Waals surface area contributed by atoms with Crippen LogP contribution >= 0.6 is 0 Å². The van der Waals surface area contributed by atoms with Crippen molar-refractivity contribution >= 4 is 39.6 Å². The molecule has 1 N–H and O–H groups in total. The molecule has 0 atom stereocenters. The van der Waals surface area contributed by atoms with Gasteiger partial charge < -0.3 is 4.74 Å². The first-order chi connectivity index (χ1) is 17.2. The van der Waals surface area contributed by atoms with Crippen molar-refractivity contribution in [3.63, 3.8) is 0 Å². The fourth-order valence-electron chi connectivity index (χ4n) is 4.03. The van der Waals surface area contributed by atoms with E-state index in [1.54, 1.807) is 36.5 Å². The molecule has 0 aliphatic heterocycles. The highest BCUT2D eigenvalue weighted by Gasteiger charge is 2.12. The number of esters is 1. The number of benzene rings is 5. The Morgan fingerprint density at radius 1 is 0.714 bits per heavy atom. The van der Waals surface area contributed by atoms with E-state index in [9.17, 15) is 9.59 Å². The Bertz CT molecular complexity index is 1550. The Labute approximate surface area is 202 Å². The molecular formula is C30H22N2O3. The highest BCUT2D eigenvalue weighted by atomic mass is 16.5. The van der Waals surface area contributed by atoms with Crippen LogP contribution in [0.5, 0.6) is 5.75 Å². The zero-order chi connectivity index (χ0) is 24.0. The Kier molecular flexibility index (Phi) is 6.31. The first-order valence-electron chi connectivity index (χ1n) is 11.3. The molecule has 0 bridgehead atoms. The molecule has 170 valence electrons. The molecule has 35 heavy (non-hydrogen) atoms. The SMILES string of the molecule is O=C(Cc1cccc2ccccc12)N/N=C\c1ccc(OC(=O)c2cccc3ccccc23)cc1. The van der Waals surface area contributed by atoms with E-state index in [0.29, 0.717) is 11.3 Å². The molecule has 0 saturated carbocycles. The van der Waals surface area contributed by atoms with Crippen LogP contribution in [0.25, 0.3) is 21.5 Å². The topological polar surface area (TPSA) is 67.8 Å². The fourth-order valence-corrected chi connectivity index (χ4v) is 4.03. The van der Waals surface area contributed by atoms with Crippen LogP contribution in [0.1, 0.15) is 21.5 Å². The molecule has 1 amide bonds. The number of hydrogen-bond donors (Lipinski definition) is 1. The Morgan fingerprint density at radius 3 is 2.11 bits per heavy atom. The van der Waals surface area contributed by atoms with Crippen molar-refractivity contribution in [1.29, 1.82) is 0 Å². The van der Waals surface area contributed by atoms with Gasteiger partial charge in [0.1, 0.15) is 5.75 Å². The van der Waals surface area contributed by atoms with Crippen molar-refractivity contribution in [2.45, 2.75) is 6.42 Å². The number of nitrogens with one attached hydrogen (secondary N) is 1. The van der Waals surface area contributed by atoms with Gasteiger partial charge in [0.2, 0.25) is 5.91 Å². The summed E-state index contributed by atoms with van der Waals surface area (Å²) in [4.78, 5) is 25.1. The zero-order valence-electron chi connectivity index (χ0n) is 18.8. The Hall–Kier alpha value is -4.77. The van der Waals surface area contributed by atoms with E-state index in [4.69, 9.17) is 4.74 Å². The number of nitrogens with zero attached hydrogens (tertiary/aromatic N) is 1. The van der Waals surface area contributed by atoms with Crippen molar-refractivity contribution in [1.82, 2.24) is 5.43 Å². The van der Waals surface area contributed by atoms with Gasteiger partial charge in [-0.15, -0.1) is 0 Å². The van der Waals surface area contributed by atoms with Gasteiger partial charge in [-0.05, 0) is 63.0 Å². The molecule has 5 heteroatoms. The van der Waals surface area contributed by atoms with Gasteiger partial charge in [-0.1, -0.05) is 78.9 Å². The maximum absolute atomic E-state index is 12.7. The van der Waals surface area contributed by atoms with Gasteiger partial charge in [0.15, 0.2) is 0 Å². The second kappa shape index (κ2) is 10.0. The maximum atomic E-state index is 12.7. The highest BCUT2D eigenvalue weighted by molar-refractivity contribution is 6.05. The molecule has 5 aromatic rings. The fraction of sp³-hybridized carbons (Fsp3) is 0.0333. The van der Waals surface area contributed by atoms with Crippen LogP contribution in [0.4, 0.5) is 0 Å². The molecular weight excluding hydrogens is 436 g/mol. The smallest absolute Gasteiger partial charge is 0.344 e. The number of amides is 1. The monoisotopic (exact) mass is 458 g/mol. The average molecular weight is 459 g/mol. The first-order valence-corrected chi connectivity index (χ1v) is 11.3. The summed E-state index contributed by atoms with van der Waals surface area (Å²) in [5.41, 5.74) is 4.81. The van der Waals surface area contributed by atoms with E-state index < -0.39 is 5.97 Å². The summed E-state index contributed by atoms with van der Waals surface area (Å²) in [5.74, 6) is -0.178. The van der Waals surface area contributed by atoms with E-state index in [0.717, 1.165) is 32.7 Å². The van der Waals surface area contributed by atoms with Gasteiger partial charge in [0.25, 0.3) is 0 Å². The van der Waals surface area contributed by atoms with E-state index in [-0.39, 0.29) is 12.3 Å². The Morgan fingerprint density at radius 2 is 1.34 bits per heavy atom. The van der Waals surface area contributed by atoms with Gasteiger partial charge in [-0.25, -0.2) is 10.2 Å². The molecule has 0 unspecified atom stereocenters. The molecule has 5 nitrogen and oxygen atoms in total. The van der Waals surface area contributed by atoms with Crippen LogP contribution < -0.4 is 10.2 Å². The standard InChI is InChI=1S/C30H22N2O3/c33-29(19-24-11-5-9-22-7-1-3-12-26(22)24)32-31-20-21-15-17-25(18-16-21)35-30(34)28-14-6-10-23-8-2-4-13-27(23)28/h1-18,20H,19H2,(H,32,33)/b31-20-. The van der Waals surface area contributed by atoms with Gasteiger partial charge in [0, 0.05) is 0 Å². The summed E-state index contributed by atoms with van der Waals surface area (Å²) in [6, 6.07) is 34.1. The third kappa shape index (κ3) is 5.09. The summed E-state index contributed by atoms with van der Waals surface area (Å²) >= 11 is 0. The largest absolute Gasteiger partial charge is 0.423 e. The lowest BCUT2D eigenvalue weighted by molar-refractivity contribution is -0.120. The minimum Gasteiger partial charge on any atom is -0.423 e. The van der Waals surface area contributed by atoms with Gasteiger partial charge >= 0.3 is 5.97 Å². The summed E-state index contributed by atoms with van der Waals surface area (Å²) < 4.78 is 5.55. The van der Waals surface area contributed by atoms with Crippen LogP contribution in [0.2, 0.25) is 0 Å². The second-order valence-corrected chi connectivity index (χ2v) is 8.09. The third-order valence-electron chi connectivity index (χ3n) is 5.73. The van der Waals surface area contributed by atoms with Crippen LogP contribution in [-0.2, 0) is 11.2 Å². The lowest BCUT2D eigenvalue weighted by Crippen LogP contribution is -2.19. The molecule has 0 radical (unpaired) electrons. The number of hydrogen-bond acceptors (Lipinski definition) is 4. The molecule has 0 aliphatic carbocycles. The maximum Gasteiger partial charge on any atom is 0.344 e. The molecule has 0 aliphatic rings. The average Bonchev–Trinajstić information content (AvgIpc) is 2.89. The van der Waals surface area contributed by atoms with Crippen molar-refractivity contribution in [3.05, 3.63) is 126 Å². The normalized spacial score (nSPS) is 11.1. The lowest BCUT2D eigenvalue weighted by atomic mass is 10.0. The summed E-state index contributed by atoms with van der Waals surface area (Å²) in [6.45, 7) is 0. The van der Waals surface area contributed by atoms with Gasteiger partial charge in [-0.2, -0.15) is 5.10 Å². The van der Waals surface area contributed by atoms with Crippen molar-refractivity contribution in [2.24, 2.45) is 5.10 Å². The van der Waals surface area contributed by atoms with E-state index >= 15 is 0 Å². The molecule has 5 aromatic carbocycles. The van der Waals surface area contributed by atoms with Crippen molar-refractivity contribution in [3.8, 4) is 5.75 Å². The van der Waals surface area contributed by atoms with Gasteiger partial charge in [0.05, 0.1) is 18.2 Å². The summed E-state index contributed by atoms with van der Waals surface area (Å²) in [7, 11) is 0. The van der Waals surface area contributed by atoms with Crippen LogP contribution in [0.3, 0.4) is 0 Å². The van der Waals surface area contributed by atoms with Crippen LogP contribution in [-0.4, -0.2) is 18.1 Å². The molecule has 0 fully saturated rings. The van der Waals surface area contributed by atoms with Gasteiger partial charge in [-0.3, -0.25) is 4.79 Å². The van der Waals surface area contributed by atoms with E-state index in [1.165, 1.54) is 0 Å². The third-order valence-corrected chi connectivity index (χ3v) is 5.73. The molecule has 0 saturated heterocycles. The van der Waals surface area contributed by atoms with Crippen molar-refractivity contribution in [2.75, 3.05) is 0 Å². The number of carbonyl (C=O) groups is 2. The minimum absolute atomic E-state index is 0.196. The summed E-state index contributed by atoms with van der Waals surface area (Å²) in [6.07, 6.45) is 1.79. The predicted molar refractivity (Wildman–Crippen MR) is 139 cm³/mol. The molecule has 0 spiro atoms. The number of rotatable bonds is 6. The Balaban J connectivity index is 1.19. The minimum atomic E-state index is -0.413. The van der Waals surface area contributed by atoms with E-state index in [2.05, 4.69) is 10.5 Å². The molecule has 0 aromatic heterocycles. The van der Waals surface area contributed by atoms with Crippen LogP contribution in [0.15, 0.2) is 114 Å². The first kappa shape index (κ1) is 22.0. The molecule has 0 heterocycles. The molecule has 5 rings (SSSR count). The lowest BCUT2D eigenvalue weighted by Gasteiger charge is -2.07. The number of hydrazone groups is 1. The zero-order valence-corrected chi connectivity index (χ0v) is 18.8. The van der Waals surface area contributed by atoms with Crippen molar-refractivity contribution < 1.29 is 14.3 Å². The van der Waals surface area contributed by atoms with Crippen LogP contribution in [0, 0.1) is 0 Å². The predicted octanol–water partition coefficient (Wildman–Crippen LogP) is 5.91. The van der Waals surface area contributed by atoms with E-state index in [1.807, 2.05) is 78.9 Å². The summed E-state index contributed by atoms with van der Waals surface area (Å²) in [5, 5.41) is 8.05. The highest BCUT2D eigenvalue weighted by Crippen LogP contribution is 2.21. The number of fused-ring (bicyclic) bond motifs is 2. The quantitative estimate of drug-likeness (QED) is 0.149. The second-order valence-electron chi connectivity index (χ2n) is 8.09. The number of ether oxygens (including phenoxy) is 1.